The fourth-order valence-electron chi connectivity index (χ4n) is 2.10. The molecule has 17 heavy (non-hydrogen) atoms. The third-order valence-corrected chi connectivity index (χ3v) is 3.93. The molecule has 0 aliphatic carbocycles. The van der Waals surface area contributed by atoms with E-state index in [4.69, 9.17) is 0 Å². The third-order valence-electron chi connectivity index (χ3n) is 2.94. The van der Waals surface area contributed by atoms with E-state index in [1.54, 1.807) is 11.3 Å². The molecular weight excluding hydrogens is 230 g/mol. The Kier molecular flexibility index (Phi) is 2.34. The Labute approximate surface area is 104 Å². The molecule has 0 radical (unpaired) electrons. The second-order valence-corrected chi connectivity index (χ2v) is 4.92. The molecule has 0 atom stereocenters. The number of para-hydroxylation sites is 1. The summed E-state index contributed by atoms with van der Waals surface area (Å²) >= 11 is 1.66. The number of nitrogens with one attached hydrogen (secondary N) is 1. The van der Waals surface area contributed by atoms with Crippen molar-refractivity contribution in [2.75, 3.05) is 5.32 Å². The number of rotatable bonds is 1. The van der Waals surface area contributed by atoms with Gasteiger partial charge in [-0.3, -0.25) is 4.79 Å². The third kappa shape index (κ3) is 1.59. The van der Waals surface area contributed by atoms with Gasteiger partial charge < -0.3 is 5.32 Å². The molecule has 84 valence electrons. The Morgan fingerprint density at radius 2 is 2.00 bits per heavy atom. The van der Waals surface area contributed by atoms with Crippen molar-refractivity contribution in [2.24, 2.45) is 0 Å². The van der Waals surface area contributed by atoms with Crippen LogP contribution in [0.2, 0.25) is 0 Å². The van der Waals surface area contributed by atoms with Gasteiger partial charge in [0.1, 0.15) is 0 Å². The van der Waals surface area contributed by atoms with Gasteiger partial charge in [-0.25, -0.2) is 0 Å². The largest absolute Gasteiger partial charge is 0.321 e. The maximum absolute atomic E-state index is 12.0. The summed E-state index contributed by atoms with van der Waals surface area (Å²) in [6, 6.07) is 11.9. The van der Waals surface area contributed by atoms with Gasteiger partial charge in [-0.2, -0.15) is 0 Å². The summed E-state index contributed by atoms with van der Waals surface area (Å²) in [7, 11) is 0. The van der Waals surface area contributed by atoms with Crippen LogP contribution in [0.15, 0.2) is 41.8 Å². The van der Waals surface area contributed by atoms with Gasteiger partial charge in [0, 0.05) is 16.1 Å². The van der Waals surface area contributed by atoms with Crippen molar-refractivity contribution in [3.05, 3.63) is 52.2 Å². The van der Waals surface area contributed by atoms with Crippen molar-refractivity contribution < 1.29 is 4.79 Å². The summed E-state index contributed by atoms with van der Waals surface area (Å²) in [5.74, 6) is -0.00269. The lowest BCUT2D eigenvalue weighted by Crippen LogP contribution is -2.04. The quantitative estimate of drug-likeness (QED) is 0.759. The lowest BCUT2D eigenvalue weighted by atomic mass is 10.0. The van der Waals surface area contributed by atoms with Crippen LogP contribution in [-0.4, -0.2) is 5.91 Å². The highest BCUT2D eigenvalue weighted by molar-refractivity contribution is 7.11. The first-order valence-electron chi connectivity index (χ1n) is 5.43. The summed E-state index contributed by atoms with van der Waals surface area (Å²) < 4.78 is 0. The van der Waals surface area contributed by atoms with Crippen LogP contribution in [0, 0.1) is 0 Å². The van der Waals surface area contributed by atoms with Crippen LogP contribution in [0.5, 0.6) is 0 Å². The Hall–Kier alpha value is -1.87. The van der Waals surface area contributed by atoms with Gasteiger partial charge in [0.25, 0.3) is 5.91 Å². The molecule has 0 saturated carbocycles. The van der Waals surface area contributed by atoms with E-state index >= 15 is 0 Å². The van der Waals surface area contributed by atoms with Crippen LogP contribution < -0.4 is 5.32 Å². The van der Waals surface area contributed by atoms with Crippen LogP contribution in [0.4, 0.5) is 5.69 Å². The standard InChI is InChI=1S/C14H11NOS/c1-9(12-7-4-8-17-12)13-10-5-2-3-6-11(10)15-14(13)16/h2-8H,1H3,(H,15,16)/b13-9+. The smallest absolute Gasteiger partial charge is 0.256 e. The van der Waals surface area contributed by atoms with Crippen molar-refractivity contribution in [3.63, 3.8) is 0 Å². The molecule has 2 nitrogen and oxygen atoms in total. The zero-order valence-electron chi connectivity index (χ0n) is 9.36. The average molecular weight is 241 g/mol. The van der Waals surface area contributed by atoms with E-state index < -0.39 is 0 Å². The first-order chi connectivity index (χ1) is 8.27. The molecule has 1 aliphatic heterocycles. The van der Waals surface area contributed by atoms with E-state index in [0.717, 1.165) is 27.3 Å². The van der Waals surface area contributed by atoms with Crippen LogP contribution in [0.25, 0.3) is 11.1 Å². The van der Waals surface area contributed by atoms with Crippen LogP contribution in [0.1, 0.15) is 17.4 Å². The number of fused-ring (bicyclic) bond motifs is 1. The molecular formula is C14H11NOS. The molecule has 2 heterocycles. The Bertz CT molecular complexity index is 611. The van der Waals surface area contributed by atoms with E-state index in [1.165, 1.54) is 0 Å². The number of amides is 1. The highest BCUT2D eigenvalue weighted by Crippen LogP contribution is 2.37. The molecule has 0 bridgehead atoms. The molecule has 0 spiro atoms. The van der Waals surface area contributed by atoms with Gasteiger partial charge in [0.2, 0.25) is 0 Å². The SMILES string of the molecule is C/C(=C1\C(=O)Nc2ccccc21)c1cccs1. The van der Waals surface area contributed by atoms with Crippen LogP contribution in [0.3, 0.4) is 0 Å². The van der Waals surface area contributed by atoms with E-state index in [0.29, 0.717) is 0 Å². The normalized spacial score (nSPS) is 16.6. The molecule has 1 aromatic carbocycles. The molecule has 0 fully saturated rings. The van der Waals surface area contributed by atoms with Crippen molar-refractivity contribution in [1.82, 2.24) is 0 Å². The van der Waals surface area contributed by atoms with Crippen molar-refractivity contribution in [2.45, 2.75) is 6.92 Å². The summed E-state index contributed by atoms with van der Waals surface area (Å²) in [5, 5.41) is 4.92. The first-order valence-corrected chi connectivity index (χ1v) is 6.31. The predicted molar refractivity (Wildman–Crippen MR) is 71.9 cm³/mol. The number of thiophene rings is 1. The Morgan fingerprint density at radius 3 is 2.76 bits per heavy atom. The molecule has 2 aromatic rings. The number of hydrogen-bond donors (Lipinski definition) is 1. The fourth-order valence-corrected chi connectivity index (χ4v) is 2.84. The zero-order valence-corrected chi connectivity index (χ0v) is 10.2. The maximum atomic E-state index is 12.0. The summed E-state index contributed by atoms with van der Waals surface area (Å²) in [6.45, 7) is 2.00. The molecule has 3 heteroatoms. The minimum Gasteiger partial charge on any atom is -0.321 e. The van der Waals surface area contributed by atoms with Gasteiger partial charge in [-0.15, -0.1) is 11.3 Å². The number of carbonyl (C=O) groups is 1. The minimum absolute atomic E-state index is 0.00269. The molecule has 0 unspecified atom stereocenters. The van der Waals surface area contributed by atoms with Gasteiger partial charge in [-0.1, -0.05) is 24.3 Å². The topological polar surface area (TPSA) is 29.1 Å². The van der Waals surface area contributed by atoms with Crippen LogP contribution in [-0.2, 0) is 4.79 Å². The fraction of sp³-hybridized carbons (Fsp3) is 0.0714. The average Bonchev–Trinajstić information content (AvgIpc) is 2.94. The van der Waals surface area contributed by atoms with Gasteiger partial charge in [0.05, 0.1) is 5.57 Å². The number of hydrogen-bond acceptors (Lipinski definition) is 2. The molecule has 1 aliphatic rings. The molecule has 0 saturated heterocycles. The number of allylic oxidation sites excluding steroid dienone is 1. The van der Waals surface area contributed by atoms with Gasteiger partial charge in [-0.05, 0) is 30.0 Å². The molecule has 1 N–H and O–H groups in total. The van der Waals surface area contributed by atoms with Crippen LogP contribution >= 0.6 is 11.3 Å². The van der Waals surface area contributed by atoms with E-state index in [-0.39, 0.29) is 5.91 Å². The first kappa shape index (κ1) is 10.3. The van der Waals surface area contributed by atoms with E-state index in [2.05, 4.69) is 5.32 Å². The van der Waals surface area contributed by atoms with E-state index in [1.807, 2.05) is 48.7 Å². The Balaban J connectivity index is 2.22. The van der Waals surface area contributed by atoms with Crippen molar-refractivity contribution >= 4 is 34.1 Å². The predicted octanol–water partition coefficient (Wildman–Crippen LogP) is 3.63. The number of anilines is 1. The van der Waals surface area contributed by atoms with E-state index in [9.17, 15) is 4.79 Å². The lowest BCUT2D eigenvalue weighted by Gasteiger charge is -2.02. The lowest BCUT2D eigenvalue weighted by molar-refractivity contribution is -0.110. The summed E-state index contributed by atoms with van der Waals surface area (Å²) in [6.07, 6.45) is 0. The highest BCUT2D eigenvalue weighted by atomic mass is 32.1. The van der Waals surface area contributed by atoms with Crippen molar-refractivity contribution in [3.8, 4) is 0 Å². The summed E-state index contributed by atoms with van der Waals surface area (Å²) in [4.78, 5) is 13.1. The minimum atomic E-state index is -0.00269. The monoisotopic (exact) mass is 241 g/mol. The second kappa shape index (κ2) is 3.86. The molecule has 1 aromatic heterocycles. The molecule has 3 rings (SSSR count). The summed E-state index contributed by atoms with van der Waals surface area (Å²) in [5.41, 5.74) is 3.75. The second-order valence-electron chi connectivity index (χ2n) is 3.98. The number of carbonyl (C=O) groups excluding carboxylic acids is 1. The highest BCUT2D eigenvalue weighted by Gasteiger charge is 2.25. The maximum Gasteiger partial charge on any atom is 0.256 e. The zero-order chi connectivity index (χ0) is 11.8. The van der Waals surface area contributed by atoms with Gasteiger partial charge >= 0.3 is 0 Å². The number of benzene rings is 1. The molecule has 1 amide bonds. The van der Waals surface area contributed by atoms with Gasteiger partial charge in [0.15, 0.2) is 0 Å². The Morgan fingerprint density at radius 1 is 1.18 bits per heavy atom. The van der Waals surface area contributed by atoms with Crippen molar-refractivity contribution in [1.29, 1.82) is 0 Å².